The van der Waals surface area contributed by atoms with E-state index >= 15 is 0 Å². The second-order valence-electron chi connectivity index (χ2n) is 1.17. The maximum atomic E-state index is 2.45. The van der Waals surface area contributed by atoms with Gasteiger partial charge >= 0.3 is 0 Å². The van der Waals surface area contributed by atoms with Gasteiger partial charge in [0.1, 0.15) is 0 Å². The van der Waals surface area contributed by atoms with Crippen molar-refractivity contribution in [3.63, 3.8) is 0 Å². The van der Waals surface area contributed by atoms with Gasteiger partial charge in [0, 0.05) is 3.92 Å². The highest BCUT2D eigenvalue weighted by atomic mass is 127. The Hall–Kier alpha value is 0.730. The van der Waals surface area contributed by atoms with Crippen LogP contribution in [0.3, 0.4) is 0 Å². The molecule has 1 fully saturated rings. The molecule has 0 bridgehead atoms. The van der Waals surface area contributed by atoms with Gasteiger partial charge in [0.2, 0.25) is 0 Å². The van der Waals surface area contributed by atoms with Gasteiger partial charge in [-0.3, -0.25) is 0 Å². The largest absolute Gasteiger partial charge is 0.0826 e. The minimum Gasteiger partial charge on any atom is -0.0826 e. The lowest BCUT2D eigenvalue weighted by Gasteiger charge is -1.50. The number of halogens is 1. The second kappa shape index (κ2) is 0.847. The molecule has 4 heavy (non-hydrogen) atoms. The van der Waals surface area contributed by atoms with Crippen LogP contribution in [0.25, 0.3) is 0 Å². The molecule has 0 heterocycles. The van der Waals surface area contributed by atoms with Gasteiger partial charge in [-0.25, -0.2) is 0 Å². The maximum Gasteiger partial charge on any atom is 0.0110 e. The smallest absolute Gasteiger partial charge is 0.0110 e. The first kappa shape index (κ1) is 2.94. The predicted molar refractivity (Wildman–Crippen MR) is 27.0 cm³/mol. The lowest BCUT2D eigenvalue weighted by atomic mass is 11.0. The first-order valence-electron chi connectivity index (χ1n) is 1.53. The summed E-state index contributed by atoms with van der Waals surface area (Å²) in [5.41, 5.74) is 0. The van der Waals surface area contributed by atoms with Crippen molar-refractivity contribution in [3.8, 4) is 0 Å². The third-order valence-electron chi connectivity index (χ3n) is 0.507. The van der Waals surface area contributed by atoms with Gasteiger partial charge in [-0.15, -0.1) is 0 Å². The molecule has 0 radical (unpaired) electrons. The fourth-order valence-corrected chi connectivity index (χ4v) is 0.423. The summed E-state index contributed by atoms with van der Waals surface area (Å²) >= 11 is 2.45. The predicted octanol–water partition coefficient (Wildman–Crippen LogP) is 1.58. The van der Waals surface area contributed by atoms with E-state index in [2.05, 4.69) is 22.6 Å². The van der Waals surface area contributed by atoms with E-state index in [1.165, 1.54) is 12.8 Å². The van der Waals surface area contributed by atoms with E-state index in [0.29, 0.717) is 0 Å². The Morgan fingerprint density at radius 2 is 1.75 bits per heavy atom. The Morgan fingerprint density at radius 3 is 1.75 bits per heavy atom. The van der Waals surface area contributed by atoms with E-state index in [-0.39, 0.29) is 0 Å². The van der Waals surface area contributed by atoms with E-state index in [1.807, 2.05) is 0 Å². The first-order chi connectivity index (χ1) is 1.89. The van der Waals surface area contributed by atoms with E-state index < -0.39 is 0 Å². The standard InChI is InChI=1S/C3H5I/c4-3-1-2-3/h3H,1-2H2. The molecule has 24 valence electrons. The van der Waals surface area contributed by atoms with Crippen molar-refractivity contribution in [1.29, 1.82) is 0 Å². The fourth-order valence-electron chi connectivity index (χ4n) is 0.0630. The van der Waals surface area contributed by atoms with E-state index in [0.717, 1.165) is 3.92 Å². The third-order valence-corrected chi connectivity index (χ3v) is 1.75. The SMILES string of the molecule is IC1CC1. The molecule has 1 heteroatoms. The summed E-state index contributed by atoms with van der Waals surface area (Å²) in [5, 5.41) is 0. The minimum absolute atomic E-state index is 1.05. The molecular formula is C3H5I. The van der Waals surface area contributed by atoms with Crippen molar-refractivity contribution in [3.05, 3.63) is 0 Å². The molecule has 0 N–H and O–H groups in total. The Balaban J connectivity index is 2.17. The average molecular weight is 168 g/mol. The van der Waals surface area contributed by atoms with Crippen molar-refractivity contribution in [2.24, 2.45) is 0 Å². The lowest BCUT2D eigenvalue weighted by Crippen LogP contribution is -1.42. The minimum atomic E-state index is 1.05. The summed E-state index contributed by atoms with van der Waals surface area (Å²) in [6.07, 6.45) is 2.95. The summed E-state index contributed by atoms with van der Waals surface area (Å²) in [7, 11) is 0. The topological polar surface area (TPSA) is 0 Å². The molecule has 0 atom stereocenters. The van der Waals surface area contributed by atoms with Crippen LogP contribution >= 0.6 is 22.6 Å². The Labute approximate surface area is 39.7 Å². The molecule has 0 nitrogen and oxygen atoms in total. The van der Waals surface area contributed by atoms with Gasteiger partial charge in [0.15, 0.2) is 0 Å². The van der Waals surface area contributed by atoms with Gasteiger partial charge in [-0.1, -0.05) is 22.6 Å². The van der Waals surface area contributed by atoms with Crippen LogP contribution in [0.15, 0.2) is 0 Å². The van der Waals surface area contributed by atoms with Crippen molar-refractivity contribution in [1.82, 2.24) is 0 Å². The monoisotopic (exact) mass is 168 g/mol. The van der Waals surface area contributed by atoms with Gasteiger partial charge in [0.05, 0.1) is 0 Å². The molecular weight excluding hydrogens is 163 g/mol. The summed E-state index contributed by atoms with van der Waals surface area (Å²) in [6, 6.07) is 0. The Bertz CT molecular complexity index is 22.5. The van der Waals surface area contributed by atoms with Crippen molar-refractivity contribution in [2.75, 3.05) is 0 Å². The van der Waals surface area contributed by atoms with Crippen LogP contribution < -0.4 is 0 Å². The third kappa shape index (κ3) is 0.587. The van der Waals surface area contributed by atoms with Crippen molar-refractivity contribution < 1.29 is 0 Å². The summed E-state index contributed by atoms with van der Waals surface area (Å²) in [6.45, 7) is 0. The molecule has 1 saturated carbocycles. The highest BCUT2D eigenvalue weighted by Gasteiger charge is 2.15. The highest BCUT2D eigenvalue weighted by Crippen LogP contribution is 2.28. The molecule has 0 aromatic heterocycles. The average Bonchev–Trinajstić information content (AvgIpc) is 1.75. The summed E-state index contributed by atoms with van der Waals surface area (Å²) in [5.74, 6) is 0. The van der Waals surface area contributed by atoms with Gasteiger partial charge in [-0.05, 0) is 12.8 Å². The van der Waals surface area contributed by atoms with Crippen LogP contribution in [0.4, 0.5) is 0 Å². The quantitative estimate of drug-likeness (QED) is 0.380. The molecule has 0 saturated heterocycles. The molecule has 0 amide bonds. The number of alkyl halides is 1. The molecule has 1 aliphatic carbocycles. The molecule has 1 aliphatic rings. The van der Waals surface area contributed by atoms with Gasteiger partial charge in [0.25, 0.3) is 0 Å². The zero-order chi connectivity index (χ0) is 2.99. The van der Waals surface area contributed by atoms with E-state index in [1.54, 1.807) is 0 Å². The number of hydrogen-bond donors (Lipinski definition) is 0. The van der Waals surface area contributed by atoms with Crippen LogP contribution in [-0.2, 0) is 0 Å². The van der Waals surface area contributed by atoms with E-state index in [4.69, 9.17) is 0 Å². The van der Waals surface area contributed by atoms with Crippen LogP contribution in [0.5, 0.6) is 0 Å². The number of hydrogen-bond acceptors (Lipinski definition) is 0. The van der Waals surface area contributed by atoms with Crippen LogP contribution in [0, 0.1) is 0 Å². The Kier molecular flexibility index (Phi) is 0.623. The van der Waals surface area contributed by atoms with Crippen molar-refractivity contribution >= 4 is 22.6 Å². The molecule has 0 aromatic rings. The summed E-state index contributed by atoms with van der Waals surface area (Å²) in [4.78, 5) is 0. The van der Waals surface area contributed by atoms with Crippen LogP contribution in [-0.4, -0.2) is 3.92 Å². The fraction of sp³-hybridized carbons (Fsp3) is 1.00. The van der Waals surface area contributed by atoms with Crippen LogP contribution in [0.1, 0.15) is 12.8 Å². The molecule has 1 rings (SSSR count). The number of rotatable bonds is 0. The molecule has 0 aromatic carbocycles. The molecule has 0 aliphatic heterocycles. The Morgan fingerprint density at radius 1 is 1.50 bits per heavy atom. The van der Waals surface area contributed by atoms with Crippen LogP contribution in [0.2, 0.25) is 0 Å². The maximum absolute atomic E-state index is 2.45. The second-order valence-corrected chi connectivity index (χ2v) is 2.94. The lowest BCUT2D eigenvalue weighted by molar-refractivity contribution is 1.50. The zero-order valence-corrected chi connectivity index (χ0v) is 4.53. The van der Waals surface area contributed by atoms with Gasteiger partial charge < -0.3 is 0 Å². The van der Waals surface area contributed by atoms with E-state index in [9.17, 15) is 0 Å². The van der Waals surface area contributed by atoms with Crippen molar-refractivity contribution in [2.45, 2.75) is 16.8 Å². The molecule has 0 spiro atoms. The first-order valence-corrected chi connectivity index (χ1v) is 2.78. The molecule has 0 unspecified atom stereocenters. The zero-order valence-electron chi connectivity index (χ0n) is 2.37. The van der Waals surface area contributed by atoms with Gasteiger partial charge in [-0.2, -0.15) is 0 Å². The highest BCUT2D eigenvalue weighted by molar-refractivity contribution is 14.1. The normalized spacial score (nSPS) is 26.2. The summed E-state index contributed by atoms with van der Waals surface area (Å²) < 4.78 is 1.05.